The molecule has 2 unspecified atom stereocenters. The van der Waals surface area contributed by atoms with Gasteiger partial charge in [0.05, 0.1) is 11.4 Å². The van der Waals surface area contributed by atoms with Crippen molar-refractivity contribution in [2.24, 2.45) is 0 Å². The summed E-state index contributed by atoms with van der Waals surface area (Å²) in [6.45, 7) is 0. The van der Waals surface area contributed by atoms with Gasteiger partial charge in [0.1, 0.15) is 0 Å². The van der Waals surface area contributed by atoms with E-state index in [0.29, 0.717) is 6.04 Å². The molecule has 44 heavy (non-hydrogen) atoms. The number of nitrogens with one attached hydrogen (secondary N) is 1. The highest BCUT2D eigenvalue weighted by atomic mass is 32.3. The molecule has 5 aromatic rings. The van der Waals surface area contributed by atoms with Gasteiger partial charge < -0.3 is 9.88 Å². The molecule has 0 saturated carbocycles. The monoisotopic (exact) mass is 590 g/mol. The molecule has 2 heterocycles. The highest BCUT2D eigenvalue weighted by molar-refractivity contribution is 8.34. The number of hydrogen-bond donors (Lipinski definition) is 1. The van der Waals surface area contributed by atoms with Gasteiger partial charge in [-0.3, -0.25) is 0 Å². The van der Waals surface area contributed by atoms with Crippen LogP contribution in [0.15, 0.2) is 178 Å². The van der Waals surface area contributed by atoms with Crippen molar-refractivity contribution in [1.29, 1.82) is 0 Å². The van der Waals surface area contributed by atoms with Gasteiger partial charge in [0, 0.05) is 36.5 Å². The molecule has 2 aliphatic carbocycles. The second-order valence-corrected chi connectivity index (χ2v) is 15.2. The maximum atomic E-state index is 3.94. The van der Waals surface area contributed by atoms with Crippen molar-refractivity contribution in [3.8, 4) is 0 Å². The van der Waals surface area contributed by atoms with E-state index in [2.05, 4.69) is 162 Å². The lowest BCUT2D eigenvalue weighted by Crippen LogP contribution is -2.35. The molecule has 3 aliphatic rings. The van der Waals surface area contributed by atoms with E-state index < -0.39 is 10.0 Å². The van der Waals surface area contributed by atoms with Crippen LogP contribution < -0.4 is 5.32 Å². The van der Waals surface area contributed by atoms with Gasteiger partial charge in [-0.2, -0.15) is 0 Å². The van der Waals surface area contributed by atoms with Crippen LogP contribution in [0.2, 0.25) is 0 Å². The number of fused-ring (bicyclic) bond motifs is 3. The maximum Gasteiger partial charge on any atom is 0.0941 e. The van der Waals surface area contributed by atoms with Crippen LogP contribution in [0.3, 0.4) is 0 Å². The van der Waals surface area contributed by atoms with E-state index in [0.717, 1.165) is 12.8 Å². The van der Waals surface area contributed by atoms with E-state index in [1.165, 1.54) is 66.9 Å². The molecule has 2 atom stereocenters. The first-order chi connectivity index (χ1) is 21.9. The Bertz CT molecular complexity index is 1930. The zero-order chi connectivity index (χ0) is 29.3. The summed E-state index contributed by atoms with van der Waals surface area (Å²) in [7, 11) is -1.84. The number of hydrogen-bond acceptors (Lipinski definition) is 1. The average molecular weight is 591 g/mol. The predicted molar refractivity (Wildman–Crippen MR) is 187 cm³/mol. The molecule has 0 saturated heterocycles. The molecule has 0 fully saturated rings. The second-order valence-electron chi connectivity index (χ2n) is 11.9. The van der Waals surface area contributed by atoms with Crippen molar-refractivity contribution in [2.75, 3.05) is 0 Å². The van der Waals surface area contributed by atoms with Gasteiger partial charge in [0.2, 0.25) is 0 Å². The molecule has 0 spiro atoms. The summed E-state index contributed by atoms with van der Waals surface area (Å²) in [6.07, 6.45) is 24.3. The molecule has 8 rings (SSSR count). The van der Waals surface area contributed by atoms with Crippen molar-refractivity contribution in [1.82, 2.24) is 9.88 Å². The molecule has 0 bridgehead atoms. The van der Waals surface area contributed by atoms with E-state index in [1.807, 2.05) is 0 Å². The molecule has 0 amide bonds. The van der Waals surface area contributed by atoms with E-state index in [9.17, 15) is 0 Å². The van der Waals surface area contributed by atoms with Gasteiger partial charge in [-0.15, -0.1) is 10.0 Å². The number of aromatic nitrogens is 1. The van der Waals surface area contributed by atoms with Gasteiger partial charge in [0.25, 0.3) is 0 Å². The lowest BCUT2D eigenvalue weighted by atomic mass is 9.98. The third-order valence-electron chi connectivity index (χ3n) is 9.43. The van der Waals surface area contributed by atoms with Gasteiger partial charge in [-0.05, 0) is 104 Å². The van der Waals surface area contributed by atoms with Crippen LogP contribution in [0.1, 0.15) is 38.1 Å². The summed E-state index contributed by atoms with van der Waals surface area (Å²) >= 11 is 0. The smallest absolute Gasteiger partial charge is 0.0941 e. The van der Waals surface area contributed by atoms with Crippen molar-refractivity contribution >= 4 is 31.8 Å². The zero-order valence-corrected chi connectivity index (χ0v) is 25.8. The third kappa shape index (κ3) is 4.41. The fraction of sp³-hybridized carbons (Fsp3) is 0.171. The average Bonchev–Trinajstić information content (AvgIpc) is 3.44. The summed E-state index contributed by atoms with van der Waals surface area (Å²) in [4.78, 5) is 4.11. The molecule has 218 valence electrons. The van der Waals surface area contributed by atoms with Gasteiger partial charge >= 0.3 is 0 Å². The third-order valence-corrected chi connectivity index (χ3v) is 13.6. The van der Waals surface area contributed by atoms with Crippen LogP contribution in [0.25, 0.3) is 21.8 Å². The van der Waals surface area contributed by atoms with Crippen molar-refractivity contribution in [2.45, 2.75) is 58.2 Å². The Labute approximate surface area is 262 Å². The lowest BCUT2D eigenvalue weighted by molar-refractivity contribution is 0.542. The summed E-state index contributed by atoms with van der Waals surface area (Å²) in [6, 6.07) is 39.3. The lowest BCUT2D eigenvalue weighted by Gasteiger charge is -2.49. The summed E-state index contributed by atoms with van der Waals surface area (Å²) in [5.41, 5.74) is 5.35. The fourth-order valence-electron chi connectivity index (χ4n) is 7.48. The van der Waals surface area contributed by atoms with Crippen LogP contribution in [0.4, 0.5) is 0 Å². The normalized spacial score (nSPS) is 20.4. The Morgan fingerprint density at radius 2 is 1.43 bits per heavy atom. The van der Waals surface area contributed by atoms with Crippen LogP contribution in [0.5, 0.6) is 0 Å². The molecule has 1 aromatic heterocycles. The van der Waals surface area contributed by atoms with Crippen LogP contribution >= 0.6 is 10.0 Å². The number of allylic oxidation sites excluding steroid dienone is 7. The van der Waals surface area contributed by atoms with E-state index in [1.54, 1.807) is 0 Å². The minimum absolute atomic E-state index is 0.0679. The first-order valence-corrected chi connectivity index (χ1v) is 17.7. The quantitative estimate of drug-likeness (QED) is 0.195. The Kier molecular flexibility index (Phi) is 7.12. The molecule has 4 aromatic carbocycles. The Balaban J connectivity index is 1.44. The zero-order valence-electron chi connectivity index (χ0n) is 25.0. The molecular formula is C41H38N2S. The van der Waals surface area contributed by atoms with Crippen LogP contribution in [-0.2, 0) is 0 Å². The van der Waals surface area contributed by atoms with E-state index in [4.69, 9.17) is 0 Å². The summed E-state index contributed by atoms with van der Waals surface area (Å²) in [5, 5.41) is 6.69. The first kappa shape index (κ1) is 27.1. The highest BCUT2D eigenvalue weighted by Crippen LogP contribution is 2.73. The second kappa shape index (κ2) is 11.6. The standard InChI is InChI=1S/C41H38N2S/c1-5-16-31(17-6-1)36-25-15-29-42-41(36)44(33-20-9-3-10-21-33,34-22-11-4-12-23-34)35-27-28-40-38(30-35)37-24-13-14-26-39(37)43(40)32-18-7-2-8-19-32/h3-5,7,9-18,20-30,32,41-42H,1-2,6,8,19H2. The Hall–Kier alpha value is -4.47. The number of benzene rings is 4. The maximum absolute atomic E-state index is 3.94. The van der Waals surface area contributed by atoms with E-state index in [-0.39, 0.29) is 5.37 Å². The molecule has 1 N–H and O–H groups in total. The van der Waals surface area contributed by atoms with Crippen LogP contribution in [-0.4, -0.2) is 9.94 Å². The Morgan fingerprint density at radius 1 is 0.682 bits per heavy atom. The molecule has 3 heteroatoms. The van der Waals surface area contributed by atoms with Gasteiger partial charge in [0.15, 0.2) is 0 Å². The highest BCUT2D eigenvalue weighted by Gasteiger charge is 2.42. The van der Waals surface area contributed by atoms with Crippen molar-refractivity contribution < 1.29 is 0 Å². The predicted octanol–water partition coefficient (Wildman–Crippen LogP) is 11.0. The molecule has 2 nitrogen and oxygen atoms in total. The fourth-order valence-corrected chi connectivity index (χ4v) is 11.7. The first-order valence-electron chi connectivity index (χ1n) is 16.0. The van der Waals surface area contributed by atoms with Crippen molar-refractivity contribution in [3.05, 3.63) is 163 Å². The number of nitrogens with zero attached hydrogens (tertiary/aromatic N) is 1. The largest absolute Gasteiger partial charge is 0.376 e. The molecule has 0 radical (unpaired) electrons. The number of rotatable bonds is 6. The van der Waals surface area contributed by atoms with Crippen LogP contribution in [0, 0.1) is 0 Å². The SMILES string of the molecule is C1=CNC(S(c2ccccc2)(c2ccccc2)c2ccc3c(c2)c2ccccc2n3C2C=CCCC2)C(C2=CCCC=C2)=C1. The molecule has 1 aliphatic heterocycles. The van der Waals surface area contributed by atoms with Gasteiger partial charge in [-0.25, -0.2) is 0 Å². The number of dihydropyridines is 1. The number of para-hydroxylation sites is 1. The minimum atomic E-state index is -1.84. The summed E-state index contributed by atoms with van der Waals surface area (Å²) < 4.78 is 2.59. The molecular weight excluding hydrogens is 553 g/mol. The van der Waals surface area contributed by atoms with E-state index >= 15 is 0 Å². The van der Waals surface area contributed by atoms with Gasteiger partial charge in [-0.1, -0.05) is 91.1 Å². The van der Waals surface area contributed by atoms with Crippen molar-refractivity contribution in [3.63, 3.8) is 0 Å². The Morgan fingerprint density at radius 3 is 2.16 bits per heavy atom. The summed E-state index contributed by atoms with van der Waals surface area (Å²) in [5.74, 6) is 0. The minimum Gasteiger partial charge on any atom is -0.376 e. The topological polar surface area (TPSA) is 17.0 Å².